The van der Waals surface area contributed by atoms with Gasteiger partial charge in [-0.1, -0.05) is 42.3 Å². The molecular weight excluding hydrogens is 427 g/mol. The minimum Gasteiger partial charge on any atom is -0.381 e. The maximum Gasteiger partial charge on any atom is 0.221 e. The Kier molecular flexibility index (Phi) is 4.42. The monoisotopic (exact) mass is 454 g/mol. The van der Waals surface area contributed by atoms with Crippen LogP contribution in [0.15, 0.2) is 11.6 Å². The second-order valence-electron chi connectivity index (χ2n) is 9.81. The number of ketones is 3. The number of carbonyl (C=O) groups excluding carboxylic acids is 3. The molecule has 4 aliphatic carbocycles. The van der Waals surface area contributed by atoms with Crippen LogP contribution in [0.2, 0.25) is 0 Å². The molecule has 6 heteroatoms. The van der Waals surface area contributed by atoms with Crippen molar-refractivity contribution in [2.45, 2.75) is 70.6 Å². The lowest BCUT2D eigenvalue weighted by atomic mass is 9.43. The average molecular weight is 455 g/mol. The van der Waals surface area contributed by atoms with Gasteiger partial charge in [0.05, 0.1) is 5.33 Å². The third-order valence-corrected chi connectivity index (χ3v) is 9.82. The molecule has 0 radical (unpaired) electrons. The number of allylic oxidation sites excluding steroid dienone is 1. The van der Waals surface area contributed by atoms with E-state index in [0.29, 0.717) is 32.1 Å². The Labute approximate surface area is 173 Å². The van der Waals surface area contributed by atoms with Gasteiger partial charge in [-0.2, -0.15) is 0 Å². The van der Waals surface area contributed by atoms with Crippen molar-refractivity contribution < 1.29 is 23.9 Å². The zero-order chi connectivity index (χ0) is 20.7. The summed E-state index contributed by atoms with van der Waals surface area (Å²) in [4.78, 5) is 37.1. The lowest BCUT2D eigenvalue weighted by Gasteiger charge is -2.63. The highest BCUT2D eigenvalue weighted by atomic mass is 79.9. The van der Waals surface area contributed by atoms with E-state index in [1.54, 1.807) is 6.92 Å². The van der Waals surface area contributed by atoms with Gasteiger partial charge in [0.25, 0.3) is 0 Å². The van der Waals surface area contributed by atoms with Crippen LogP contribution >= 0.6 is 15.9 Å². The molecule has 7 atom stereocenters. The van der Waals surface area contributed by atoms with Crippen molar-refractivity contribution in [3.8, 4) is 0 Å². The standard InChI is InChI=1S/C22H28BrFO4/c1-12-18(27)16(25)10-13-4-5-15-14-6-7-22(28,17(26)11-23)19(14,2)8-9-21(15,24)20(12,13)3/h10,12,14-15,28H,4-9,11H2,1-3H3/t12?,14-,15-,19-,20-,21+,22-/m0/s1. The summed E-state index contributed by atoms with van der Waals surface area (Å²) < 4.78 is 17.0. The molecule has 4 nitrogen and oxygen atoms in total. The van der Waals surface area contributed by atoms with Crippen molar-refractivity contribution in [2.75, 3.05) is 5.33 Å². The molecule has 3 saturated carbocycles. The number of hydrogen-bond donors (Lipinski definition) is 1. The van der Waals surface area contributed by atoms with Crippen LogP contribution in [0.5, 0.6) is 0 Å². The predicted molar refractivity (Wildman–Crippen MR) is 106 cm³/mol. The van der Waals surface area contributed by atoms with Gasteiger partial charge in [-0.05, 0) is 56.4 Å². The molecule has 0 heterocycles. The van der Waals surface area contributed by atoms with Crippen molar-refractivity contribution in [2.24, 2.45) is 28.6 Å². The highest BCUT2D eigenvalue weighted by molar-refractivity contribution is 9.09. The Balaban J connectivity index is 1.79. The summed E-state index contributed by atoms with van der Waals surface area (Å²) in [5.41, 5.74) is -3.93. The maximum atomic E-state index is 17.0. The molecule has 0 saturated heterocycles. The van der Waals surface area contributed by atoms with Crippen molar-refractivity contribution in [1.29, 1.82) is 0 Å². The predicted octanol–water partition coefficient (Wildman–Crippen LogP) is 3.73. The first kappa shape index (κ1) is 20.4. The first-order chi connectivity index (χ1) is 13.0. The molecule has 28 heavy (non-hydrogen) atoms. The van der Waals surface area contributed by atoms with Gasteiger partial charge in [0, 0.05) is 16.7 Å². The molecule has 0 bridgehead atoms. The van der Waals surface area contributed by atoms with Crippen LogP contribution in [-0.4, -0.2) is 39.1 Å². The van der Waals surface area contributed by atoms with Gasteiger partial charge in [0.1, 0.15) is 11.3 Å². The molecule has 0 aromatic rings. The van der Waals surface area contributed by atoms with Crippen LogP contribution in [0.3, 0.4) is 0 Å². The highest BCUT2D eigenvalue weighted by Crippen LogP contribution is 2.70. The van der Waals surface area contributed by atoms with E-state index in [-0.39, 0.29) is 29.4 Å². The first-order valence-electron chi connectivity index (χ1n) is 10.3. The van der Waals surface area contributed by atoms with Gasteiger partial charge in [0.2, 0.25) is 11.6 Å². The number of aliphatic hydroxyl groups is 1. The summed E-state index contributed by atoms with van der Waals surface area (Å²) in [6, 6.07) is 0. The number of Topliss-reactive ketones (excluding diaryl/α,β-unsaturated/α-hetero) is 2. The molecule has 4 aliphatic rings. The molecule has 4 rings (SSSR count). The smallest absolute Gasteiger partial charge is 0.221 e. The van der Waals surface area contributed by atoms with Crippen molar-refractivity contribution in [3.05, 3.63) is 11.6 Å². The van der Waals surface area contributed by atoms with Gasteiger partial charge in [0.15, 0.2) is 5.78 Å². The molecule has 1 unspecified atom stereocenters. The van der Waals surface area contributed by atoms with Crippen molar-refractivity contribution >= 4 is 33.3 Å². The number of hydrogen-bond acceptors (Lipinski definition) is 4. The van der Waals surface area contributed by atoms with E-state index in [4.69, 9.17) is 0 Å². The van der Waals surface area contributed by atoms with E-state index < -0.39 is 39.6 Å². The first-order valence-corrected chi connectivity index (χ1v) is 11.4. The summed E-state index contributed by atoms with van der Waals surface area (Å²) in [5.74, 6) is -2.37. The van der Waals surface area contributed by atoms with E-state index in [1.807, 2.05) is 13.8 Å². The highest BCUT2D eigenvalue weighted by Gasteiger charge is 2.72. The van der Waals surface area contributed by atoms with Crippen molar-refractivity contribution in [3.63, 3.8) is 0 Å². The fourth-order valence-electron chi connectivity index (χ4n) is 7.30. The molecule has 1 N–H and O–H groups in total. The normalized spacial score (nSPS) is 50.5. The zero-order valence-corrected chi connectivity index (χ0v) is 18.3. The molecular formula is C22H28BrFO4. The lowest BCUT2D eigenvalue weighted by Crippen LogP contribution is -2.66. The van der Waals surface area contributed by atoms with Gasteiger partial charge in [-0.3, -0.25) is 14.4 Å². The maximum absolute atomic E-state index is 17.0. The molecule has 3 fully saturated rings. The number of rotatable bonds is 2. The van der Waals surface area contributed by atoms with Crippen molar-refractivity contribution in [1.82, 2.24) is 0 Å². The SMILES string of the molecule is CC1C(=O)C(=O)C=C2CC[C@H]3[C@@H]4CC[C@](O)(C(=O)CBr)[C@@]4(C)CC[C@]3(F)[C@]21C. The number of halogens is 2. The van der Waals surface area contributed by atoms with E-state index >= 15 is 4.39 Å². The molecule has 154 valence electrons. The van der Waals surface area contributed by atoms with E-state index in [1.165, 1.54) is 6.08 Å². The quantitative estimate of drug-likeness (QED) is 0.509. The van der Waals surface area contributed by atoms with E-state index in [2.05, 4.69) is 15.9 Å². The molecule has 0 aliphatic heterocycles. The summed E-state index contributed by atoms with van der Waals surface area (Å²) >= 11 is 3.19. The average Bonchev–Trinajstić information content (AvgIpc) is 2.94. The molecule has 0 aromatic heterocycles. The Morgan fingerprint density at radius 1 is 1.21 bits per heavy atom. The molecule has 0 aromatic carbocycles. The van der Waals surface area contributed by atoms with Crippen LogP contribution in [0.25, 0.3) is 0 Å². The number of carbonyl (C=O) groups is 3. The van der Waals surface area contributed by atoms with Crippen LogP contribution in [0.1, 0.15) is 59.3 Å². The Morgan fingerprint density at radius 2 is 1.89 bits per heavy atom. The van der Waals surface area contributed by atoms with Crippen LogP contribution in [-0.2, 0) is 14.4 Å². The minimum absolute atomic E-state index is 0.0928. The summed E-state index contributed by atoms with van der Waals surface area (Å²) in [6.45, 7) is 5.44. The van der Waals surface area contributed by atoms with Crippen LogP contribution in [0.4, 0.5) is 4.39 Å². The Morgan fingerprint density at radius 3 is 2.54 bits per heavy atom. The second-order valence-corrected chi connectivity index (χ2v) is 10.4. The fraction of sp³-hybridized carbons (Fsp3) is 0.773. The topological polar surface area (TPSA) is 71.4 Å². The van der Waals surface area contributed by atoms with E-state index in [0.717, 1.165) is 5.57 Å². The van der Waals surface area contributed by atoms with E-state index in [9.17, 15) is 19.5 Å². The fourth-order valence-corrected chi connectivity index (χ4v) is 7.77. The number of alkyl halides is 2. The van der Waals surface area contributed by atoms with Crippen LogP contribution < -0.4 is 0 Å². The summed E-state index contributed by atoms with van der Waals surface area (Å²) in [7, 11) is 0. The minimum atomic E-state index is -1.61. The lowest BCUT2D eigenvalue weighted by molar-refractivity contribution is -0.188. The van der Waals surface area contributed by atoms with Gasteiger partial charge in [-0.25, -0.2) is 4.39 Å². The summed E-state index contributed by atoms with van der Waals surface area (Å²) in [6.07, 6.45) is 4.13. The largest absolute Gasteiger partial charge is 0.381 e. The third-order valence-electron chi connectivity index (χ3n) is 9.31. The zero-order valence-electron chi connectivity index (χ0n) is 16.7. The van der Waals surface area contributed by atoms with Gasteiger partial charge >= 0.3 is 0 Å². The van der Waals surface area contributed by atoms with Crippen LogP contribution in [0, 0.1) is 28.6 Å². The third kappa shape index (κ3) is 2.12. The Hall–Kier alpha value is -0.880. The number of fused-ring (bicyclic) bond motifs is 5. The summed E-state index contributed by atoms with van der Waals surface area (Å²) in [5, 5.41) is 11.4. The van der Waals surface area contributed by atoms with Gasteiger partial charge in [-0.15, -0.1) is 0 Å². The molecule has 0 amide bonds. The Bertz CT molecular complexity index is 808. The second kappa shape index (κ2) is 6.07. The van der Waals surface area contributed by atoms with Gasteiger partial charge < -0.3 is 5.11 Å². The molecule has 0 spiro atoms.